The Morgan fingerprint density at radius 2 is 1.17 bits per heavy atom. The number of alkyl halides is 3. The molecule has 0 amide bonds. The summed E-state index contributed by atoms with van der Waals surface area (Å²) in [7, 11) is 0. The monoisotopic (exact) mass is 268 g/mol. The summed E-state index contributed by atoms with van der Waals surface area (Å²) in [6.45, 7) is 0.243. The zero-order chi connectivity index (χ0) is 13.9. The molecule has 0 fully saturated rings. The Hall–Kier alpha value is -0.580. The van der Waals surface area contributed by atoms with E-state index >= 15 is 0 Å². The van der Waals surface area contributed by atoms with Gasteiger partial charge in [0.25, 0.3) is 0 Å². The molecule has 2 nitrogen and oxygen atoms in total. The highest BCUT2D eigenvalue weighted by Crippen LogP contribution is 2.20. The maximum absolute atomic E-state index is 11.9. The summed E-state index contributed by atoms with van der Waals surface area (Å²) in [5.74, 6) is -1.61. The van der Waals surface area contributed by atoms with Crippen LogP contribution in [-0.4, -0.2) is 23.7 Å². The van der Waals surface area contributed by atoms with Gasteiger partial charge in [0, 0.05) is 13.0 Å². The third-order valence-corrected chi connectivity index (χ3v) is 2.88. The molecule has 0 unspecified atom stereocenters. The number of ketones is 1. The Morgan fingerprint density at radius 3 is 1.56 bits per heavy atom. The van der Waals surface area contributed by atoms with Crippen molar-refractivity contribution in [1.29, 1.82) is 0 Å². The lowest BCUT2D eigenvalue weighted by Gasteiger charge is -2.04. The largest absolute Gasteiger partial charge is 0.449 e. The number of unbranched alkanes of at least 4 members (excludes halogenated alkanes) is 8. The second-order valence-electron chi connectivity index (χ2n) is 4.58. The molecule has 0 aromatic carbocycles. The molecule has 0 atom stereocenters. The minimum absolute atomic E-state index is 0.243. The van der Waals surface area contributed by atoms with E-state index in [1.165, 1.54) is 0 Å². The number of halogens is 3. The molecule has 1 N–H and O–H groups in total. The van der Waals surface area contributed by atoms with E-state index in [9.17, 15) is 18.0 Å². The van der Waals surface area contributed by atoms with E-state index in [0.29, 0.717) is 12.8 Å². The smallest absolute Gasteiger partial charge is 0.396 e. The number of aliphatic hydroxyl groups is 1. The Balaban J connectivity index is 3.19. The Labute approximate surface area is 107 Å². The molecule has 0 rings (SSSR count). The van der Waals surface area contributed by atoms with Crippen LogP contribution in [0.15, 0.2) is 0 Å². The van der Waals surface area contributed by atoms with Gasteiger partial charge in [-0.15, -0.1) is 0 Å². The molecule has 0 spiro atoms. The summed E-state index contributed by atoms with van der Waals surface area (Å²) in [6.07, 6.45) is 3.09. The lowest BCUT2D eigenvalue weighted by atomic mass is 10.1. The van der Waals surface area contributed by atoms with Gasteiger partial charge in [-0.3, -0.25) is 4.79 Å². The van der Waals surface area contributed by atoms with Crippen molar-refractivity contribution < 1.29 is 23.1 Å². The zero-order valence-corrected chi connectivity index (χ0v) is 10.8. The number of carbonyl (C=O) groups is 1. The van der Waals surface area contributed by atoms with E-state index in [-0.39, 0.29) is 13.0 Å². The lowest BCUT2D eigenvalue weighted by Crippen LogP contribution is -2.22. The van der Waals surface area contributed by atoms with Gasteiger partial charge in [0.1, 0.15) is 0 Å². The normalized spacial score (nSPS) is 11.8. The van der Waals surface area contributed by atoms with Gasteiger partial charge in [-0.05, 0) is 12.8 Å². The van der Waals surface area contributed by atoms with Crippen molar-refractivity contribution in [3.05, 3.63) is 0 Å². The summed E-state index contributed by atoms with van der Waals surface area (Å²) in [5.41, 5.74) is 0. The third kappa shape index (κ3) is 10.6. The fourth-order valence-corrected chi connectivity index (χ4v) is 1.78. The predicted molar refractivity (Wildman–Crippen MR) is 64.3 cm³/mol. The molecule has 18 heavy (non-hydrogen) atoms. The highest BCUT2D eigenvalue weighted by atomic mass is 19.4. The molecule has 0 saturated carbocycles. The van der Waals surface area contributed by atoms with Gasteiger partial charge < -0.3 is 5.11 Å². The summed E-state index contributed by atoms with van der Waals surface area (Å²) in [6, 6.07) is 0. The predicted octanol–water partition coefficient (Wildman–Crippen LogP) is 4.01. The number of hydrogen-bond donors (Lipinski definition) is 1. The third-order valence-electron chi connectivity index (χ3n) is 2.88. The van der Waals surface area contributed by atoms with Crippen LogP contribution in [0.3, 0.4) is 0 Å². The molecular formula is C13H23F3O2. The summed E-state index contributed by atoms with van der Waals surface area (Å²) in [5, 5.41) is 8.56. The second kappa shape index (κ2) is 10.4. The van der Waals surface area contributed by atoms with E-state index in [2.05, 4.69) is 0 Å². The van der Waals surface area contributed by atoms with Crippen LogP contribution in [0.1, 0.15) is 64.2 Å². The number of rotatable bonds is 11. The van der Waals surface area contributed by atoms with Gasteiger partial charge >= 0.3 is 6.18 Å². The van der Waals surface area contributed by atoms with Crippen LogP contribution in [0.4, 0.5) is 13.2 Å². The maximum atomic E-state index is 11.9. The zero-order valence-electron chi connectivity index (χ0n) is 10.8. The fourth-order valence-electron chi connectivity index (χ4n) is 1.78. The second-order valence-corrected chi connectivity index (χ2v) is 4.58. The van der Waals surface area contributed by atoms with E-state index in [0.717, 1.165) is 44.9 Å². The highest BCUT2D eigenvalue weighted by molar-refractivity contribution is 5.83. The molecule has 0 bridgehead atoms. The molecule has 0 aromatic heterocycles. The Bertz CT molecular complexity index is 215. The topological polar surface area (TPSA) is 37.3 Å². The Kier molecular flexibility index (Phi) is 10.0. The first-order chi connectivity index (χ1) is 8.48. The van der Waals surface area contributed by atoms with E-state index < -0.39 is 12.0 Å². The van der Waals surface area contributed by atoms with Crippen LogP contribution in [0.25, 0.3) is 0 Å². The molecule has 0 saturated heterocycles. The quantitative estimate of drug-likeness (QED) is 0.575. The number of aliphatic hydroxyl groups excluding tert-OH is 1. The number of Topliss-reactive ketones (excluding diaryl/α,β-unsaturated/α-hetero) is 1. The van der Waals surface area contributed by atoms with E-state index in [1.54, 1.807) is 0 Å². The minimum atomic E-state index is -4.66. The van der Waals surface area contributed by atoms with Gasteiger partial charge in [-0.2, -0.15) is 13.2 Å². The summed E-state index contributed by atoms with van der Waals surface area (Å²) < 4.78 is 35.6. The van der Waals surface area contributed by atoms with Crippen molar-refractivity contribution in [2.75, 3.05) is 6.61 Å². The molecule has 0 aliphatic carbocycles. The van der Waals surface area contributed by atoms with Crippen LogP contribution in [0.5, 0.6) is 0 Å². The minimum Gasteiger partial charge on any atom is -0.396 e. The maximum Gasteiger partial charge on any atom is 0.449 e. The first-order valence-corrected chi connectivity index (χ1v) is 6.69. The Morgan fingerprint density at radius 1 is 0.778 bits per heavy atom. The molecule has 0 heterocycles. The van der Waals surface area contributed by atoms with Gasteiger partial charge in [-0.25, -0.2) is 0 Å². The van der Waals surface area contributed by atoms with Gasteiger partial charge in [0.15, 0.2) is 0 Å². The van der Waals surface area contributed by atoms with Gasteiger partial charge in [0.05, 0.1) is 0 Å². The average Bonchev–Trinajstić information content (AvgIpc) is 2.30. The van der Waals surface area contributed by atoms with Gasteiger partial charge in [-0.1, -0.05) is 44.9 Å². The van der Waals surface area contributed by atoms with Crippen LogP contribution >= 0.6 is 0 Å². The highest BCUT2D eigenvalue weighted by Gasteiger charge is 2.36. The van der Waals surface area contributed by atoms with Crippen molar-refractivity contribution in [1.82, 2.24) is 0 Å². The molecule has 108 valence electrons. The van der Waals surface area contributed by atoms with Crippen molar-refractivity contribution in [2.45, 2.75) is 70.4 Å². The first-order valence-electron chi connectivity index (χ1n) is 6.69. The number of carbonyl (C=O) groups excluding carboxylic acids is 1. The van der Waals surface area contributed by atoms with Crippen molar-refractivity contribution in [3.63, 3.8) is 0 Å². The van der Waals surface area contributed by atoms with Crippen LogP contribution < -0.4 is 0 Å². The summed E-state index contributed by atoms with van der Waals surface area (Å²) >= 11 is 0. The SMILES string of the molecule is O=C(CCCCCCCCCCCO)C(F)(F)F. The molecule has 0 aliphatic heterocycles. The molecular weight excluding hydrogens is 245 g/mol. The average molecular weight is 268 g/mol. The fraction of sp³-hybridized carbons (Fsp3) is 0.923. The van der Waals surface area contributed by atoms with E-state index in [1.807, 2.05) is 0 Å². The molecule has 0 radical (unpaired) electrons. The summed E-state index contributed by atoms with van der Waals surface area (Å²) in [4.78, 5) is 10.6. The molecule has 0 aliphatic rings. The van der Waals surface area contributed by atoms with Crippen molar-refractivity contribution in [3.8, 4) is 0 Å². The first kappa shape index (κ1) is 17.4. The van der Waals surface area contributed by atoms with E-state index in [4.69, 9.17) is 5.11 Å². The van der Waals surface area contributed by atoms with Gasteiger partial charge in [0.2, 0.25) is 5.78 Å². The molecule has 0 aromatic rings. The van der Waals surface area contributed by atoms with Crippen LogP contribution in [0, 0.1) is 0 Å². The van der Waals surface area contributed by atoms with Crippen LogP contribution in [0.2, 0.25) is 0 Å². The molecule has 5 heteroatoms. The van der Waals surface area contributed by atoms with Crippen LogP contribution in [-0.2, 0) is 4.79 Å². The van der Waals surface area contributed by atoms with Crippen molar-refractivity contribution in [2.24, 2.45) is 0 Å². The lowest BCUT2D eigenvalue weighted by molar-refractivity contribution is -0.171. The number of hydrogen-bond acceptors (Lipinski definition) is 2. The standard InChI is InChI=1S/C13H23F3O2/c14-13(15,16)12(18)10-8-6-4-2-1-3-5-7-9-11-17/h17H,1-11H2. The van der Waals surface area contributed by atoms with Crippen molar-refractivity contribution >= 4 is 5.78 Å².